The Kier molecular flexibility index (Phi) is 17.9. The number of amides is 3. The number of benzene rings is 1. The third-order valence-corrected chi connectivity index (χ3v) is 10.5. The Morgan fingerprint density at radius 2 is 1.74 bits per heavy atom. The van der Waals surface area contributed by atoms with Crippen molar-refractivity contribution < 1.29 is 38.2 Å². The molecule has 14 heteroatoms. The lowest BCUT2D eigenvalue weighted by molar-refractivity contribution is -0.150. The molecule has 0 aliphatic rings. The number of nitrogens with zero attached hydrogens (tertiary/aromatic N) is 2. The molecular weight excluding hydrogens is 702 g/mol. The number of esters is 1. The van der Waals surface area contributed by atoms with E-state index in [1.54, 1.807) is 19.9 Å². The van der Waals surface area contributed by atoms with Gasteiger partial charge >= 0.3 is 11.9 Å². The molecule has 0 fully saturated rings. The summed E-state index contributed by atoms with van der Waals surface area (Å²) in [6.45, 7) is 16.2. The molecule has 5 atom stereocenters. The zero-order chi connectivity index (χ0) is 40.0. The maximum atomic E-state index is 14.3. The van der Waals surface area contributed by atoms with Gasteiger partial charge in [0.2, 0.25) is 11.8 Å². The number of halogens is 1. The third-order valence-electron chi connectivity index (χ3n) is 9.55. The number of nitrogen functional groups attached to an aromatic ring is 1. The van der Waals surface area contributed by atoms with Crippen LogP contribution in [0.5, 0.6) is 0 Å². The van der Waals surface area contributed by atoms with E-state index in [1.165, 1.54) is 31.4 Å². The van der Waals surface area contributed by atoms with E-state index in [9.17, 15) is 33.5 Å². The second-order valence-electron chi connectivity index (χ2n) is 15.0. The first-order valence-corrected chi connectivity index (χ1v) is 19.5. The van der Waals surface area contributed by atoms with Gasteiger partial charge in [0.05, 0.1) is 11.1 Å². The standard InChI is InChI=1S/C39H60FN5O7S/c1-10-12-13-14-17-45(37(49)34(24(5)11-2)42-25(6)46)32(23(3)4)20-33(52-26(7)47)36-44-31(22-53-36)35(48)43-28(21-39(8,9)38(50)51)18-27-15-16-30(41)29(40)19-27/h15-16,19,22-24,28,32-34H,10-14,17-18,20-21,41H2,1-9H3,(H,42,46)(H,43,48)(H,50,51)/t24-,28-,32+,33+,34-/m0/s1. The zero-order valence-corrected chi connectivity index (χ0v) is 33.6. The fourth-order valence-corrected chi connectivity index (χ4v) is 7.11. The Bertz CT molecular complexity index is 1550. The summed E-state index contributed by atoms with van der Waals surface area (Å²) in [5.74, 6) is -3.47. The first kappa shape index (κ1) is 45.1. The molecule has 0 unspecified atom stereocenters. The smallest absolute Gasteiger partial charge is 0.309 e. The van der Waals surface area contributed by atoms with Crippen molar-refractivity contribution in [3.05, 3.63) is 45.7 Å². The molecule has 5 N–H and O–H groups in total. The van der Waals surface area contributed by atoms with E-state index in [0.29, 0.717) is 23.5 Å². The van der Waals surface area contributed by atoms with Crippen molar-refractivity contribution in [2.24, 2.45) is 17.3 Å². The highest BCUT2D eigenvalue weighted by molar-refractivity contribution is 7.09. The molecular formula is C39H60FN5O7S. The Labute approximate surface area is 317 Å². The molecule has 2 rings (SSSR count). The van der Waals surface area contributed by atoms with Crippen LogP contribution in [0, 0.1) is 23.1 Å². The second kappa shape index (κ2) is 21.0. The lowest BCUT2D eigenvalue weighted by atomic mass is 9.84. The van der Waals surface area contributed by atoms with E-state index < -0.39 is 53.3 Å². The van der Waals surface area contributed by atoms with Crippen molar-refractivity contribution in [3.63, 3.8) is 0 Å². The van der Waals surface area contributed by atoms with Gasteiger partial charge in [0.1, 0.15) is 22.6 Å². The Morgan fingerprint density at radius 1 is 1.06 bits per heavy atom. The molecule has 2 aromatic rings. The monoisotopic (exact) mass is 761 g/mol. The maximum absolute atomic E-state index is 14.3. The van der Waals surface area contributed by atoms with Gasteiger partial charge in [-0.15, -0.1) is 11.3 Å². The fourth-order valence-electron chi connectivity index (χ4n) is 6.27. The van der Waals surface area contributed by atoms with Crippen molar-refractivity contribution in [2.75, 3.05) is 12.3 Å². The van der Waals surface area contributed by atoms with Crippen LogP contribution in [0.1, 0.15) is 134 Å². The minimum atomic E-state index is -1.21. The summed E-state index contributed by atoms with van der Waals surface area (Å²) in [5.41, 5.74) is 4.97. The normalized spacial score (nSPS) is 14.5. The fraction of sp³-hybridized carbons (Fsp3) is 0.641. The van der Waals surface area contributed by atoms with E-state index in [2.05, 4.69) is 22.5 Å². The summed E-state index contributed by atoms with van der Waals surface area (Å²) in [5, 5.41) is 17.5. The topological polar surface area (TPSA) is 181 Å². The number of hydrogen-bond acceptors (Lipinski definition) is 9. The minimum absolute atomic E-state index is 0.0238. The number of hydrogen-bond donors (Lipinski definition) is 4. The summed E-state index contributed by atoms with van der Waals surface area (Å²) in [6.07, 6.45) is 3.90. The summed E-state index contributed by atoms with van der Waals surface area (Å²) in [7, 11) is 0. The SMILES string of the molecule is CCCCCCN(C(=O)[C@@H](NC(C)=O)[C@@H](C)CC)[C@H](C[C@@H](OC(C)=O)c1nc(C(=O)N[C@@H](Cc2ccc(N)c(F)c2)CC(C)(C)C(=O)O)cs1)C(C)C. The van der Waals surface area contributed by atoms with Gasteiger partial charge in [0.15, 0.2) is 6.10 Å². The molecule has 1 heterocycles. The van der Waals surface area contributed by atoms with Crippen molar-refractivity contribution in [1.82, 2.24) is 20.5 Å². The number of carboxylic acid groups (broad SMARTS) is 1. The highest BCUT2D eigenvalue weighted by Crippen LogP contribution is 2.32. The Morgan fingerprint density at radius 3 is 2.28 bits per heavy atom. The van der Waals surface area contributed by atoms with Crippen LogP contribution >= 0.6 is 11.3 Å². The molecule has 0 bridgehead atoms. The van der Waals surface area contributed by atoms with Gasteiger partial charge in [-0.05, 0) is 62.6 Å². The second-order valence-corrected chi connectivity index (χ2v) is 15.9. The van der Waals surface area contributed by atoms with Crippen LogP contribution in [0.4, 0.5) is 10.1 Å². The number of carbonyl (C=O) groups is 5. The van der Waals surface area contributed by atoms with Gasteiger partial charge in [-0.2, -0.15) is 0 Å². The number of ether oxygens (including phenoxy) is 1. The van der Waals surface area contributed by atoms with E-state index in [4.69, 9.17) is 10.5 Å². The summed E-state index contributed by atoms with van der Waals surface area (Å²) < 4.78 is 20.1. The van der Waals surface area contributed by atoms with E-state index in [0.717, 1.165) is 37.0 Å². The van der Waals surface area contributed by atoms with E-state index in [-0.39, 0.29) is 54.3 Å². The molecule has 296 valence electrons. The largest absolute Gasteiger partial charge is 0.481 e. The molecule has 0 saturated carbocycles. The van der Waals surface area contributed by atoms with Crippen LogP contribution in [0.3, 0.4) is 0 Å². The number of aromatic nitrogens is 1. The first-order chi connectivity index (χ1) is 24.8. The van der Waals surface area contributed by atoms with Gasteiger partial charge in [0.25, 0.3) is 5.91 Å². The third kappa shape index (κ3) is 14.0. The van der Waals surface area contributed by atoms with Crippen molar-refractivity contribution in [3.8, 4) is 0 Å². The molecule has 12 nitrogen and oxygen atoms in total. The van der Waals surface area contributed by atoms with Gasteiger partial charge in [0, 0.05) is 44.3 Å². The van der Waals surface area contributed by atoms with Crippen LogP contribution in [0.2, 0.25) is 0 Å². The number of aliphatic carboxylic acids is 1. The first-order valence-electron chi connectivity index (χ1n) is 18.6. The number of nitrogens with one attached hydrogen (secondary N) is 2. The lowest BCUT2D eigenvalue weighted by Gasteiger charge is -2.39. The maximum Gasteiger partial charge on any atom is 0.309 e. The molecule has 1 aromatic heterocycles. The van der Waals surface area contributed by atoms with Crippen LogP contribution in [-0.2, 0) is 30.3 Å². The molecule has 0 saturated heterocycles. The summed E-state index contributed by atoms with van der Waals surface area (Å²) in [4.78, 5) is 71.0. The van der Waals surface area contributed by atoms with E-state index >= 15 is 0 Å². The van der Waals surface area contributed by atoms with Crippen molar-refractivity contribution in [1.29, 1.82) is 0 Å². The highest BCUT2D eigenvalue weighted by Gasteiger charge is 2.37. The molecule has 3 amide bonds. The van der Waals surface area contributed by atoms with Gasteiger partial charge in [-0.25, -0.2) is 9.37 Å². The lowest BCUT2D eigenvalue weighted by Crippen LogP contribution is -2.55. The molecule has 53 heavy (non-hydrogen) atoms. The number of anilines is 1. The van der Waals surface area contributed by atoms with Crippen LogP contribution in [0.15, 0.2) is 23.6 Å². The molecule has 1 aromatic carbocycles. The average Bonchev–Trinajstić information content (AvgIpc) is 3.57. The number of thiazole rings is 1. The van der Waals surface area contributed by atoms with Crippen molar-refractivity contribution in [2.45, 2.75) is 138 Å². The molecule has 0 aliphatic carbocycles. The van der Waals surface area contributed by atoms with E-state index in [1.807, 2.05) is 32.6 Å². The molecule has 0 spiro atoms. The van der Waals surface area contributed by atoms with Crippen molar-refractivity contribution >= 4 is 46.7 Å². The number of carbonyl (C=O) groups excluding carboxylic acids is 4. The zero-order valence-electron chi connectivity index (χ0n) is 32.8. The number of rotatable bonds is 22. The average molecular weight is 762 g/mol. The van der Waals surface area contributed by atoms with Gasteiger partial charge in [-0.1, -0.05) is 66.4 Å². The molecule has 0 radical (unpaired) electrons. The van der Waals surface area contributed by atoms with Crippen LogP contribution in [0.25, 0.3) is 0 Å². The quantitative estimate of drug-likeness (QED) is 0.0578. The van der Waals surface area contributed by atoms with Crippen LogP contribution < -0.4 is 16.4 Å². The minimum Gasteiger partial charge on any atom is -0.481 e. The highest BCUT2D eigenvalue weighted by atomic mass is 32.1. The summed E-state index contributed by atoms with van der Waals surface area (Å²) >= 11 is 1.13. The predicted molar refractivity (Wildman–Crippen MR) is 205 cm³/mol. The predicted octanol–water partition coefficient (Wildman–Crippen LogP) is 6.69. The van der Waals surface area contributed by atoms with Gasteiger partial charge < -0.3 is 31.1 Å². The number of unbranched alkanes of at least 4 members (excludes halogenated alkanes) is 3. The Hall–Kier alpha value is -4.07. The Balaban J connectivity index is 2.47. The number of carboxylic acids is 1. The number of nitrogens with two attached hydrogens (primary N) is 1. The summed E-state index contributed by atoms with van der Waals surface area (Å²) in [6, 6.07) is 2.47. The van der Waals surface area contributed by atoms with Gasteiger partial charge in [-0.3, -0.25) is 24.0 Å². The van der Waals surface area contributed by atoms with Crippen LogP contribution in [-0.4, -0.2) is 69.3 Å². The molecule has 0 aliphatic heterocycles.